The van der Waals surface area contributed by atoms with Crippen LogP contribution in [-0.2, 0) is 11.2 Å². The van der Waals surface area contributed by atoms with Crippen molar-refractivity contribution < 1.29 is 4.79 Å². The molecule has 0 aliphatic carbocycles. The zero-order valence-electron chi connectivity index (χ0n) is 14.1. The van der Waals surface area contributed by atoms with Gasteiger partial charge in [-0.15, -0.1) is 0 Å². The van der Waals surface area contributed by atoms with E-state index in [2.05, 4.69) is 37.4 Å². The van der Waals surface area contributed by atoms with Crippen molar-refractivity contribution in [2.24, 2.45) is 0 Å². The molecule has 2 fully saturated rings. The first-order valence-corrected chi connectivity index (χ1v) is 8.61. The standard InChI is InChI=1S/C19H28N2O/c1-13-4-5-15(14(2)10-13)6-9-19(22)21(3)18-11-16-7-8-17(12-18)20-16/h4-5,10,16-18,20H,6-9,11-12H2,1-3H3. The zero-order valence-corrected chi connectivity index (χ0v) is 14.1. The van der Waals surface area contributed by atoms with Crippen molar-refractivity contribution in [3.05, 3.63) is 34.9 Å². The Kier molecular flexibility index (Phi) is 4.53. The Morgan fingerprint density at radius 2 is 1.91 bits per heavy atom. The minimum absolute atomic E-state index is 0.297. The van der Waals surface area contributed by atoms with E-state index in [4.69, 9.17) is 0 Å². The van der Waals surface area contributed by atoms with Gasteiger partial charge in [-0.05, 0) is 57.1 Å². The van der Waals surface area contributed by atoms with Crippen molar-refractivity contribution in [3.63, 3.8) is 0 Å². The average Bonchev–Trinajstić information content (AvgIpc) is 2.83. The molecule has 2 heterocycles. The van der Waals surface area contributed by atoms with Crippen molar-refractivity contribution in [2.45, 2.75) is 70.5 Å². The summed E-state index contributed by atoms with van der Waals surface area (Å²) >= 11 is 0. The number of hydrogen-bond acceptors (Lipinski definition) is 2. The average molecular weight is 300 g/mol. The van der Waals surface area contributed by atoms with Crippen LogP contribution in [-0.4, -0.2) is 36.0 Å². The van der Waals surface area contributed by atoms with E-state index >= 15 is 0 Å². The SMILES string of the molecule is Cc1ccc(CCC(=O)N(C)C2CC3CCC(C2)N3)c(C)c1. The normalized spacial score (nSPS) is 27.0. The second-order valence-electron chi connectivity index (χ2n) is 7.20. The number of carbonyl (C=O) groups is 1. The number of piperidine rings is 1. The summed E-state index contributed by atoms with van der Waals surface area (Å²) < 4.78 is 0. The molecule has 1 amide bonds. The Bertz CT molecular complexity index is 542. The molecule has 2 unspecified atom stereocenters. The number of nitrogens with one attached hydrogen (secondary N) is 1. The molecule has 22 heavy (non-hydrogen) atoms. The Balaban J connectivity index is 1.55. The largest absolute Gasteiger partial charge is 0.343 e. The Morgan fingerprint density at radius 3 is 2.55 bits per heavy atom. The third-order valence-electron chi connectivity index (χ3n) is 5.50. The zero-order chi connectivity index (χ0) is 15.7. The minimum Gasteiger partial charge on any atom is -0.343 e. The predicted molar refractivity (Wildman–Crippen MR) is 90.0 cm³/mol. The van der Waals surface area contributed by atoms with Crippen LogP contribution in [0.1, 0.15) is 48.8 Å². The molecule has 1 N–H and O–H groups in total. The fourth-order valence-corrected chi connectivity index (χ4v) is 4.09. The summed E-state index contributed by atoms with van der Waals surface area (Å²) in [7, 11) is 2.00. The number of nitrogens with zero attached hydrogens (tertiary/aromatic N) is 1. The molecule has 1 aromatic rings. The van der Waals surface area contributed by atoms with Crippen molar-refractivity contribution >= 4 is 5.91 Å². The number of fused-ring (bicyclic) bond motifs is 2. The molecule has 0 aromatic heterocycles. The van der Waals surface area contributed by atoms with Crippen molar-refractivity contribution in [3.8, 4) is 0 Å². The third kappa shape index (κ3) is 3.35. The van der Waals surface area contributed by atoms with Crippen LogP contribution in [0.2, 0.25) is 0 Å². The number of hydrogen-bond donors (Lipinski definition) is 1. The van der Waals surface area contributed by atoms with Crippen molar-refractivity contribution in [1.29, 1.82) is 0 Å². The van der Waals surface area contributed by atoms with Gasteiger partial charge in [0, 0.05) is 31.6 Å². The van der Waals surface area contributed by atoms with Gasteiger partial charge in [0.2, 0.25) is 5.91 Å². The van der Waals surface area contributed by atoms with Gasteiger partial charge in [-0.3, -0.25) is 4.79 Å². The molecule has 2 atom stereocenters. The van der Waals surface area contributed by atoms with Crippen LogP contribution in [0.25, 0.3) is 0 Å². The predicted octanol–water partition coefficient (Wildman–Crippen LogP) is 2.98. The van der Waals surface area contributed by atoms with Crippen molar-refractivity contribution in [2.75, 3.05) is 7.05 Å². The summed E-state index contributed by atoms with van der Waals surface area (Å²) in [4.78, 5) is 14.6. The van der Waals surface area contributed by atoms with E-state index in [1.165, 1.54) is 29.5 Å². The maximum Gasteiger partial charge on any atom is 0.222 e. The molecule has 3 nitrogen and oxygen atoms in total. The van der Waals surface area contributed by atoms with Crippen LogP contribution in [0.3, 0.4) is 0 Å². The third-order valence-corrected chi connectivity index (χ3v) is 5.50. The Hall–Kier alpha value is -1.35. The van der Waals surface area contributed by atoms with Gasteiger partial charge in [0.25, 0.3) is 0 Å². The van der Waals surface area contributed by atoms with Crippen LogP contribution in [0.5, 0.6) is 0 Å². The molecule has 0 radical (unpaired) electrons. The molecule has 120 valence electrons. The second-order valence-corrected chi connectivity index (χ2v) is 7.20. The van der Waals surface area contributed by atoms with Gasteiger partial charge in [0.05, 0.1) is 0 Å². The summed E-state index contributed by atoms with van der Waals surface area (Å²) in [6.07, 6.45) is 6.30. The number of rotatable bonds is 4. The van der Waals surface area contributed by atoms with E-state index in [0.717, 1.165) is 19.3 Å². The summed E-state index contributed by atoms with van der Waals surface area (Å²) in [5.41, 5.74) is 3.89. The van der Waals surface area contributed by atoms with E-state index in [0.29, 0.717) is 30.5 Å². The first kappa shape index (κ1) is 15.5. The number of amides is 1. The molecular formula is C19H28N2O. The summed E-state index contributed by atoms with van der Waals surface area (Å²) in [6.45, 7) is 4.25. The van der Waals surface area contributed by atoms with Crippen LogP contribution >= 0.6 is 0 Å². The summed E-state index contributed by atoms with van der Waals surface area (Å²) in [5, 5.41) is 3.65. The Labute approximate surface area is 134 Å². The molecule has 3 heteroatoms. The number of carbonyl (C=O) groups excluding carboxylic acids is 1. The maximum atomic E-state index is 12.5. The molecule has 0 saturated carbocycles. The lowest BCUT2D eigenvalue weighted by atomic mass is 9.97. The molecule has 2 saturated heterocycles. The van der Waals surface area contributed by atoms with Crippen LogP contribution in [0.4, 0.5) is 0 Å². The smallest absolute Gasteiger partial charge is 0.222 e. The second kappa shape index (κ2) is 6.41. The first-order valence-electron chi connectivity index (χ1n) is 8.61. The highest BCUT2D eigenvalue weighted by Crippen LogP contribution is 2.29. The van der Waals surface area contributed by atoms with E-state index in [-0.39, 0.29) is 0 Å². The van der Waals surface area contributed by atoms with Gasteiger partial charge in [-0.1, -0.05) is 23.8 Å². The topological polar surface area (TPSA) is 32.3 Å². The lowest BCUT2D eigenvalue weighted by molar-refractivity contribution is -0.132. The van der Waals surface area contributed by atoms with E-state index in [1.54, 1.807) is 0 Å². The first-order chi connectivity index (χ1) is 10.5. The fraction of sp³-hybridized carbons (Fsp3) is 0.632. The monoisotopic (exact) mass is 300 g/mol. The maximum absolute atomic E-state index is 12.5. The lowest BCUT2D eigenvalue weighted by Gasteiger charge is -2.35. The van der Waals surface area contributed by atoms with E-state index in [9.17, 15) is 4.79 Å². The molecular weight excluding hydrogens is 272 g/mol. The molecule has 3 rings (SSSR count). The van der Waals surface area contributed by atoms with Crippen LogP contribution in [0, 0.1) is 13.8 Å². The van der Waals surface area contributed by atoms with Gasteiger partial charge in [0.1, 0.15) is 0 Å². The number of benzene rings is 1. The summed E-state index contributed by atoms with van der Waals surface area (Å²) in [6, 6.07) is 8.22. The highest BCUT2D eigenvalue weighted by Gasteiger charge is 2.36. The summed E-state index contributed by atoms with van der Waals surface area (Å²) in [5.74, 6) is 0.297. The van der Waals surface area contributed by atoms with Gasteiger partial charge >= 0.3 is 0 Å². The van der Waals surface area contributed by atoms with Gasteiger partial charge in [-0.25, -0.2) is 0 Å². The molecule has 2 aliphatic rings. The van der Waals surface area contributed by atoms with Gasteiger partial charge < -0.3 is 10.2 Å². The minimum atomic E-state index is 0.297. The fourth-order valence-electron chi connectivity index (χ4n) is 4.09. The van der Waals surface area contributed by atoms with Crippen LogP contribution in [0.15, 0.2) is 18.2 Å². The van der Waals surface area contributed by atoms with Gasteiger partial charge in [-0.2, -0.15) is 0 Å². The highest BCUT2D eigenvalue weighted by atomic mass is 16.2. The molecule has 2 bridgehead atoms. The lowest BCUT2D eigenvalue weighted by Crippen LogP contribution is -2.48. The molecule has 1 aromatic carbocycles. The number of aryl methyl sites for hydroxylation is 3. The van der Waals surface area contributed by atoms with Gasteiger partial charge in [0.15, 0.2) is 0 Å². The van der Waals surface area contributed by atoms with E-state index in [1.807, 2.05) is 11.9 Å². The Morgan fingerprint density at radius 1 is 1.23 bits per heavy atom. The van der Waals surface area contributed by atoms with E-state index < -0.39 is 0 Å². The van der Waals surface area contributed by atoms with Crippen molar-refractivity contribution in [1.82, 2.24) is 10.2 Å². The highest BCUT2D eigenvalue weighted by molar-refractivity contribution is 5.76. The van der Waals surface area contributed by atoms with Crippen LogP contribution < -0.4 is 5.32 Å². The molecule has 0 spiro atoms. The quantitative estimate of drug-likeness (QED) is 0.927. The molecule has 2 aliphatic heterocycles.